The van der Waals surface area contributed by atoms with Crippen molar-refractivity contribution in [1.29, 1.82) is 0 Å². The van der Waals surface area contributed by atoms with Gasteiger partial charge in [0.25, 0.3) is 0 Å². The summed E-state index contributed by atoms with van der Waals surface area (Å²) in [6.45, 7) is 3.85. The molecule has 0 heterocycles. The van der Waals surface area contributed by atoms with E-state index in [1.807, 2.05) is 13.8 Å². The van der Waals surface area contributed by atoms with Crippen molar-refractivity contribution in [3.05, 3.63) is 0 Å². The molecule has 1 fully saturated rings. The van der Waals surface area contributed by atoms with Crippen LogP contribution in [-0.2, 0) is 9.59 Å². The van der Waals surface area contributed by atoms with Gasteiger partial charge in [-0.1, -0.05) is 26.7 Å². The van der Waals surface area contributed by atoms with E-state index in [0.29, 0.717) is 6.42 Å². The number of carboxylic acids is 1. The third-order valence-corrected chi connectivity index (χ3v) is 3.66. The number of aliphatic carboxylic acids is 1. The second-order valence-electron chi connectivity index (χ2n) is 5.90. The number of rotatable bonds is 6. The molecule has 0 unspecified atom stereocenters. The lowest BCUT2D eigenvalue weighted by molar-refractivity contribution is -0.142. The Hall–Kier alpha value is -1.10. The van der Waals surface area contributed by atoms with Gasteiger partial charge in [0, 0.05) is 6.42 Å². The van der Waals surface area contributed by atoms with E-state index in [2.05, 4.69) is 5.32 Å². The Bertz CT molecular complexity index is 317. The molecule has 0 radical (unpaired) electrons. The summed E-state index contributed by atoms with van der Waals surface area (Å²) < 4.78 is 0. The van der Waals surface area contributed by atoms with E-state index in [9.17, 15) is 14.7 Å². The molecule has 5 nitrogen and oxygen atoms in total. The van der Waals surface area contributed by atoms with Crippen LogP contribution in [0, 0.1) is 11.8 Å². The van der Waals surface area contributed by atoms with E-state index in [-0.39, 0.29) is 24.2 Å². The highest BCUT2D eigenvalue weighted by molar-refractivity contribution is 5.83. The van der Waals surface area contributed by atoms with Crippen LogP contribution in [0.2, 0.25) is 0 Å². The first-order valence-corrected chi connectivity index (χ1v) is 7.10. The Morgan fingerprint density at radius 2 is 1.89 bits per heavy atom. The van der Waals surface area contributed by atoms with Gasteiger partial charge in [-0.15, -0.1) is 0 Å². The first-order valence-electron chi connectivity index (χ1n) is 7.10. The summed E-state index contributed by atoms with van der Waals surface area (Å²) in [5.41, 5.74) is 0. The zero-order chi connectivity index (χ0) is 14.4. The van der Waals surface area contributed by atoms with Crippen LogP contribution in [0.3, 0.4) is 0 Å². The van der Waals surface area contributed by atoms with Crippen LogP contribution in [-0.4, -0.2) is 34.2 Å². The maximum Gasteiger partial charge on any atom is 0.326 e. The molecule has 1 saturated carbocycles. The van der Waals surface area contributed by atoms with Crippen molar-refractivity contribution in [3.63, 3.8) is 0 Å². The van der Waals surface area contributed by atoms with Gasteiger partial charge in [-0.25, -0.2) is 4.79 Å². The third kappa shape index (κ3) is 5.59. The number of nitrogens with one attached hydrogen (secondary N) is 1. The maximum atomic E-state index is 11.9. The minimum atomic E-state index is -0.994. The van der Waals surface area contributed by atoms with Crippen molar-refractivity contribution in [2.24, 2.45) is 11.8 Å². The van der Waals surface area contributed by atoms with E-state index >= 15 is 0 Å². The summed E-state index contributed by atoms with van der Waals surface area (Å²) in [6, 6.07) is -0.826. The Morgan fingerprint density at radius 1 is 1.26 bits per heavy atom. The Labute approximate surface area is 114 Å². The first-order chi connectivity index (χ1) is 8.90. The van der Waals surface area contributed by atoms with Gasteiger partial charge >= 0.3 is 5.97 Å². The second-order valence-corrected chi connectivity index (χ2v) is 5.90. The molecule has 1 rings (SSSR count). The predicted octanol–water partition coefficient (Wildman–Crippen LogP) is 1.54. The van der Waals surface area contributed by atoms with E-state index in [4.69, 9.17) is 5.11 Å². The van der Waals surface area contributed by atoms with Crippen LogP contribution >= 0.6 is 0 Å². The molecule has 0 aromatic carbocycles. The van der Waals surface area contributed by atoms with E-state index in [0.717, 1.165) is 25.7 Å². The largest absolute Gasteiger partial charge is 0.480 e. The van der Waals surface area contributed by atoms with Crippen molar-refractivity contribution >= 4 is 11.9 Å². The number of carbonyl (C=O) groups is 2. The summed E-state index contributed by atoms with van der Waals surface area (Å²) in [6.07, 6.45) is 3.85. The van der Waals surface area contributed by atoms with Crippen LogP contribution in [0.4, 0.5) is 0 Å². The van der Waals surface area contributed by atoms with Crippen LogP contribution < -0.4 is 5.32 Å². The predicted molar refractivity (Wildman–Crippen MR) is 71.6 cm³/mol. The maximum absolute atomic E-state index is 11.9. The molecular formula is C14H25NO4. The van der Waals surface area contributed by atoms with Crippen molar-refractivity contribution in [3.8, 4) is 0 Å². The molecule has 0 aromatic rings. The zero-order valence-corrected chi connectivity index (χ0v) is 11.8. The Morgan fingerprint density at radius 3 is 2.42 bits per heavy atom. The van der Waals surface area contributed by atoms with E-state index in [1.165, 1.54) is 0 Å². The van der Waals surface area contributed by atoms with Crippen molar-refractivity contribution in [2.75, 3.05) is 0 Å². The summed E-state index contributed by atoms with van der Waals surface area (Å²) >= 11 is 0. The molecule has 0 aromatic heterocycles. The molecular weight excluding hydrogens is 246 g/mol. The fourth-order valence-electron chi connectivity index (χ4n) is 2.61. The summed E-state index contributed by atoms with van der Waals surface area (Å²) in [4.78, 5) is 22.9. The fourth-order valence-corrected chi connectivity index (χ4v) is 2.61. The average molecular weight is 271 g/mol. The van der Waals surface area contributed by atoms with Crippen molar-refractivity contribution in [1.82, 2.24) is 5.32 Å². The number of hydrogen-bond donors (Lipinski definition) is 3. The highest BCUT2D eigenvalue weighted by Crippen LogP contribution is 2.26. The fraction of sp³-hybridized carbons (Fsp3) is 0.857. The van der Waals surface area contributed by atoms with Gasteiger partial charge in [-0.3, -0.25) is 4.79 Å². The number of carboxylic acid groups (broad SMARTS) is 1. The molecule has 3 atom stereocenters. The van der Waals surface area contributed by atoms with Crippen LogP contribution in [0.15, 0.2) is 0 Å². The molecule has 1 aliphatic carbocycles. The van der Waals surface area contributed by atoms with Crippen LogP contribution in [0.25, 0.3) is 0 Å². The summed E-state index contributed by atoms with van der Waals surface area (Å²) in [5, 5.41) is 21.4. The Kier molecular flexibility index (Phi) is 6.28. The van der Waals surface area contributed by atoms with Crippen molar-refractivity contribution < 1.29 is 19.8 Å². The first kappa shape index (κ1) is 16.0. The normalized spacial score (nSPS) is 25.1. The van der Waals surface area contributed by atoms with Gasteiger partial charge in [0.15, 0.2) is 0 Å². The van der Waals surface area contributed by atoms with E-state index in [1.54, 1.807) is 0 Å². The third-order valence-electron chi connectivity index (χ3n) is 3.66. The van der Waals surface area contributed by atoms with Crippen LogP contribution in [0.5, 0.6) is 0 Å². The van der Waals surface area contributed by atoms with Crippen molar-refractivity contribution in [2.45, 2.75) is 64.5 Å². The van der Waals surface area contributed by atoms with Gasteiger partial charge < -0.3 is 15.5 Å². The highest BCUT2D eigenvalue weighted by atomic mass is 16.4. The lowest BCUT2D eigenvalue weighted by atomic mass is 9.84. The minimum Gasteiger partial charge on any atom is -0.480 e. The average Bonchev–Trinajstić information content (AvgIpc) is 2.30. The highest BCUT2D eigenvalue weighted by Gasteiger charge is 2.27. The van der Waals surface area contributed by atoms with Gasteiger partial charge in [0.2, 0.25) is 5.91 Å². The zero-order valence-electron chi connectivity index (χ0n) is 11.8. The molecule has 0 aliphatic heterocycles. The standard InChI is InChI=1S/C14H25NO4/c1-9(2)7-11(14(18)19)15-13(17)8-10-5-3-4-6-12(10)16/h9-12,16H,3-8H2,1-2H3,(H,15,17)(H,18,19)/t10-,11+,12+/m0/s1. The molecule has 3 N–H and O–H groups in total. The molecule has 110 valence electrons. The molecule has 19 heavy (non-hydrogen) atoms. The van der Waals surface area contributed by atoms with Gasteiger partial charge in [0.1, 0.15) is 6.04 Å². The molecule has 0 bridgehead atoms. The molecule has 0 saturated heterocycles. The molecule has 0 spiro atoms. The van der Waals surface area contributed by atoms with Gasteiger partial charge in [-0.05, 0) is 31.1 Å². The number of hydrogen-bond acceptors (Lipinski definition) is 3. The topological polar surface area (TPSA) is 86.6 Å². The number of amides is 1. The molecule has 1 amide bonds. The monoisotopic (exact) mass is 271 g/mol. The van der Waals surface area contributed by atoms with Gasteiger partial charge in [-0.2, -0.15) is 0 Å². The van der Waals surface area contributed by atoms with E-state index < -0.39 is 18.1 Å². The Balaban J connectivity index is 2.45. The SMILES string of the molecule is CC(C)C[C@@H](NC(=O)C[C@@H]1CCCC[C@H]1O)C(=O)O. The lowest BCUT2D eigenvalue weighted by Crippen LogP contribution is -2.43. The van der Waals surface area contributed by atoms with Gasteiger partial charge in [0.05, 0.1) is 6.10 Å². The van der Waals surface area contributed by atoms with Crippen LogP contribution in [0.1, 0.15) is 52.4 Å². The summed E-state index contributed by atoms with van der Waals surface area (Å²) in [5.74, 6) is -1.07. The minimum absolute atomic E-state index is 0.0257. The molecule has 5 heteroatoms. The quantitative estimate of drug-likeness (QED) is 0.684. The molecule has 1 aliphatic rings. The second kappa shape index (κ2) is 7.48. The smallest absolute Gasteiger partial charge is 0.326 e. The number of aliphatic hydroxyl groups is 1. The summed E-state index contributed by atoms with van der Waals surface area (Å²) in [7, 11) is 0. The number of aliphatic hydroxyl groups excluding tert-OH is 1. The lowest BCUT2D eigenvalue weighted by Gasteiger charge is -2.27. The number of carbonyl (C=O) groups excluding carboxylic acids is 1.